The van der Waals surface area contributed by atoms with Gasteiger partial charge in [0.1, 0.15) is 11.9 Å². The van der Waals surface area contributed by atoms with Crippen molar-refractivity contribution < 1.29 is 4.39 Å². The van der Waals surface area contributed by atoms with Crippen LogP contribution in [0.1, 0.15) is 18.2 Å². The number of aromatic nitrogens is 5. The molecule has 156 valence electrons. The summed E-state index contributed by atoms with van der Waals surface area (Å²) in [4.78, 5) is 16.3. The van der Waals surface area contributed by atoms with E-state index in [2.05, 4.69) is 26.3 Å². The van der Waals surface area contributed by atoms with Gasteiger partial charge in [0.25, 0.3) is 5.56 Å². The number of benzene rings is 2. The summed E-state index contributed by atoms with van der Waals surface area (Å²) in [6.07, 6.45) is 3.52. The van der Waals surface area contributed by atoms with E-state index in [1.54, 1.807) is 36.1 Å². The molecule has 0 bridgehead atoms. The quantitative estimate of drug-likeness (QED) is 0.470. The van der Waals surface area contributed by atoms with E-state index in [1.807, 2.05) is 19.1 Å². The lowest BCUT2D eigenvalue weighted by molar-refractivity contribution is 0.624. The van der Waals surface area contributed by atoms with E-state index in [1.165, 1.54) is 6.07 Å². The molecule has 2 aromatic carbocycles. The maximum Gasteiger partial charge on any atom is 0.272 e. The van der Waals surface area contributed by atoms with E-state index in [0.29, 0.717) is 39.5 Å². The van der Waals surface area contributed by atoms with Crippen LogP contribution in [-0.4, -0.2) is 25.0 Å². The Labute approximate surface area is 181 Å². The van der Waals surface area contributed by atoms with Crippen LogP contribution in [0.3, 0.4) is 0 Å². The number of nitrogens with one attached hydrogen (secondary N) is 1. The number of hydrogen-bond acceptors (Lipinski definition) is 5. The third-order valence-electron chi connectivity index (χ3n) is 5.65. The van der Waals surface area contributed by atoms with E-state index in [9.17, 15) is 14.4 Å². The normalized spacial score (nSPS) is 11.2. The zero-order valence-electron chi connectivity index (χ0n) is 17.3. The lowest BCUT2D eigenvalue weighted by Gasteiger charge is -2.12. The van der Waals surface area contributed by atoms with Crippen LogP contribution in [-0.2, 0) is 13.5 Å². The van der Waals surface area contributed by atoms with Crippen molar-refractivity contribution in [2.45, 2.75) is 13.3 Å². The van der Waals surface area contributed by atoms with Crippen molar-refractivity contribution in [2.24, 2.45) is 7.05 Å². The Morgan fingerprint density at radius 1 is 1.09 bits per heavy atom. The highest BCUT2D eigenvalue weighted by atomic mass is 19.1. The van der Waals surface area contributed by atoms with Crippen LogP contribution >= 0.6 is 0 Å². The SMILES string of the molecule is CCc1n[nH]c(=O)c2ccc(-c3cnn(C)c3-c3ccc4ncc(F)cc4c3C#N)cc12. The van der Waals surface area contributed by atoms with Crippen LogP contribution < -0.4 is 5.56 Å². The number of nitriles is 1. The molecule has 0 aliphatic heterocycles. The van der Waals surface area contributed by atoms with E-state index >= 15 is 0 Å². The summed E-state index contributed by atoms with van der Waals surface area (Å²) in [7, 11) is 1.79. The number of fused-ring (bicyclic) bond motifs is 2. The van der Waals surface area contributed by atoms with Crippen molar-refractivity contribution in [2.75, 3.05) is 0 Å². The molecule has 0 atom stereocenters. The number of H-pyrrole nitrogens is 1. The third-order valence-corrected chi connectivity index (χ3v) is 5.65. The molecule has 32 heavy (non-hydrogen) atoms. The summed E-state index contributed by atoms with van der Waals surface area (Å²) < 4.78 is 15.6. The van der Waals surface area contributed by atoms with Crippen LogP contribution in [0.15, 0.2) is 53.6 Å². The first kappa shape index (κ1) is 19.6. The fourth-order valence-electron chi connectivity index (χ4n) is 4.12. The summed E-state index contributed by atoms with van der Waals surface area (Å²) in [6.45, 7) is 1.98. The Balaban J connectivity index is 1.79. The first-order valence-corrected chi connectivity index (χ1v) is 10.0. The molecule has 0 aliphatic carbocycles. The second-order valence-electron chi connectivity index (χ2n) is 7.46. The minimum absolute atomic E-state index is 0.244. The zero-order chi connectivity index (χ0) is 22.4. The van der Waals surface area contributed by atoms with Gasteiger partial charge in [-0.05, 0) is 42.3 Å². The molecule has 0 saturated carbocycles. The maximum atomic E-state index is 13.9. The van der Waals surface area contributed by atoms with Crippen molar-refractivity contribution in [3.63, 3.8) is 0 Å². The molecular formula is C24H17FN6O. The molecule has 3 aromatic heterocycles. The lowest BCUT2D eigenvalue weighted by Crippen LogP contribution is -2.10. The van der Waals surface area contributed by atoms with Gasteiger partial charge in [-0.15, -0.1) is 0 Å². The molecule has 0 aliphatic rings. The number of aromatic amines is 1. The molecule has 0 saturated heterocycles. The molecule has 5 rings (SSSR count). The summed E-state index contributed by atoms with van der Waals surface area (Å²) in [6, 6.07) is 12.6. The van der Waals surface area contributed by atoms with Gasteiger partial charge in [-0.3, -0.25) is 14.5 Å². The van der Waals surface area contributed by atoms with Crippen LogP contribution in [0.4, 0.5) is 4.39 Å². The highest BCUT2D eigenvalue weighted by molar-refractivity contribution is 5.96. The monoisotopic (exact) mass is 424 g/mol. The van der Waals surface area contributed by atoms with E-state index in [4.69, 9.17) is 0 Å². The van der Waals surface area contributed by atoms with Crippen LogP contribution in [0.5, 0.6) is 0 Å². The van der Waals surface area contributed by atoms with Gasteiger partial charge in [0.2, 0.25) is 0 Å². The van der Waals surface area contributed by atoms with Gasteiger partial charge >= 0.3 is 0 Å². The molecule has 5 aromatic rings. The number of nitrogens with zero attached hydrogens (tertiary/aromatic N) is 5. The zero-order valence-corrected chi connectivity index (χ0v) is 17.3. The maximum absolute atomic E-state index is 13.9. The van der Waals surface area contributed by atoms with Crippen LogP contribution in [0.2, 0.25) is 0 Å². The van der Waals surface area contributed by atoms with Gasteiger partial charge in [-0.1, -0.05) is 13.0 Å². The average molecular weight is 424 g/mol. The number of pyridine rings is 1. The Morgan fingerprint density at radius 3 is 2.72 bits per heavy atom. The van der Waals surface area contributed by atoms with Gasteiger partial charge < -0.3 is 0 Å². The molecule has 3 heterocycles. The smallest absolute Gasteiger partial charge is 0.267 e. The Bertz CT molecular complexity index is 1630. The predicted molar refractivity (Wildman–Crippen MR) is 119 cm³/mol. The first-order valence-electron chi connectivity index (χ1n) is 10.0. The highest BCUT2D eigenvalue weighted by Gasteiger charge is 2.19. The van der Waals surface area contributed by atoms with E-state index in [-0.39, 0.29) is 5.56 Å². The standard InChI is InChI=1S/C24H17FN6O/c1-3-21-17-8-13(4-5-16(17)24(32)30-29-21)20-12-28-31(2)23(20)15-6-7-22-18(19(15)10-26)9-14(25)11-27-22/h4-9,11-12H,3H2,1-2H3,(H,30,32). The second kappa shape index (κ2) is 7.39. The molecule has 0 spiro atoms. The van der Waals surface area contributed by atoms with Crippen molar-refractivity contribution >= 4 is 21.7 Å². The topological polar surface area (TPSA) is 100 Å². The van der Waals surface area contributed by atoms with Crippen LogP contribution in [0.25, 0.3) is 44.1 Å². The molecule has 0 radical (unpaired) electrons. The van der Waals surface area contributed by atoms with Gasteiger partial charge in [0.15, 0.2) is 0 Å². The number of hydrogen-bond donors (Lipinski definition) is 1. The van der Waals surface area contributed by atoms with Crippen molar-refractivity contribution in [1.82, 2.24) is 25.0 Å². The van der Waals surface area contributed by atoms with Gasteiger partial charge in [-0.2, -0.15) is 15.5 Å². The predicted octanol–water partition coefficient (Wildman–Crippen LogP) is 4.11. The Hall–Kier alpha value is -4.38. The van der Waals surface area contributed by atoms with Crippen LogP contribution in [0, 0.1) is 17.1 Å². The summed E-state index contributed by atoms with van der Waals surface area (Å²) in [5.41, 5.74) is 4.38. The van der Waals surface area contributed by atoms with Gasteiger partial charge in [0.05, 0.1) is 40.2 Å². The fourth-order valence-corrected chi connectivity index (χ4v) is 4.12. The summed E-state index contributed by atoms with van der Waals surface area (Å²) in [5, 5.41) is 22.8. The molecule has 8 heteroatoms. The largest absolute Gasteiger partial charge is 0.272 e. The van der Waals surface area contributed by atoms with Gasteiger partial charge in [-0.25, -0.2) is 9.49 Å². The minimum Gasteiger partial charge on any atom is -0.267 e. The van der Waals surface area contributed by atoms with Crippen molar-refractivity contribution in [3.05, 3.63) is 76.2 Å². The minimum atomic E-state index is -0.504. The molecule has 0 amide bonds. The molecule has 7 nitrogen and oxygen atoms in total. The van der Waals surface area contributed by atoms with E-state index < -0.39 is 5.82 Å². The molecular weight excluding hydrogens is 407 g/mol. The van der Waals surface area contributed by atoms with Crippen molar-refractivity contribution in [1.29, 1.82) is 5.26 Å². The molecule has 1 N–H and O–H groups in total. The third kappa shape index (κ3) is 2.94. The number of halogens is 1. The van der Waals surface area contributed by atoms with E-state index in [0.717, 1.165) is 28.4 Å². The number of rotatable bonds is 3. The first-order chi connectivity index (χ1) is 15.5. The molecule has 0 fully saturated rings. The summed E-state index contributed by atoms with van der Waals surface area (Å²) >= 11 is 0. The van der Waals surface area contributed by atoms with Gasteiger partial charge in [0, 0.05) is 28.9 Å². The fraction of sp³-hybridized carbons (Fsp3) is 0.125. The molecule has 0 unspecified atom stereocenters. The second-order valence-corrected chi connectivity index (χ2v) is 7.46. The highest BCUT2D eigenvalue weighted by Crippen LogP contribution is 2.37. The Morgan fingerprint density at radius 2 is 1.94 bits per heavy atom. The summed E-state index contributed by atoms with van der Waals surface area (Å²) in [5.74, 6) is -0.504. The number of aryl methyl sites for hydroxylation is 2. The lowest BCUT2D eigenvalue weighted by atomic mass is 9.94. The average Bonchev–Trinajstić information content (AvgIpc) is 3.19. The Kier molecular flexibility index (Phi) is 4.52. The van der Waals surface area contributed by atoms with Crippen molar-refractivity contribution in [3.8, 4) is 28.5 Å².